The number of hydrogen-bond acceptors (Lipinski definition) is 2. The molecular weight excluding hydrogens is 267 g/mol. The highest BCUT2D eigenvalue weighted by molar-refractivity contribution is 5.95. The fourth-order valence-corrected chi connectivity index (χ4v) is 2.59. The first kappa shape index (κ1) is 13.8. The summed E-state index contributed by atoms with van der Waals surface area (Å²) < 4.78 is 13.3. The van der Waals surface area contributed by atoms with Crippen LogP contribution in [-0.2, 0) is 17.8 Å². The van der Waals surface area contributed by atoms with E-state index >= 15 is 0 Å². The van der Waals surface area contributed by atoms with Crippen LogP contribution in [0.2, 0.25) is 0 Å². The van der Waals surface area contributed by atoms with E-state index in [2.05, 4.69) is 16.7 Å². The van der Waals surface area contributed by atoms with Crippen LogP contribution in [-0.4, -0.2) is 11.9 Å². The number of carbonyl (C=O) groups excluding carboxylic acids is 1. The highest BCUT2D eigenvalue weighted by Gasteiger charge is 2.24. The Kier molecular flexibility index (Phi) is 3.71. The average Bonchev–Trinajstić information content (AvgIpc) is 2.50. The van der Waals surface area contributed by atoms with Crippen LogP contribution < -0.4 is 10.6 Å². The maximum atomic E-state index is 13.3. The molecule has 0 spiro atoms. The zero-order valence-corrected chi connectivity index (χ0v) is 11.8. The van der Waals surface area contributed by atoms with Crippen LogP contribution in [0.15, 0.2) is 42.5 Å². The Balaban J connectivity index is 1.74. The first-order valence-electron chi connectivity index (χ1n) is 7.00. The number of rotatable bonds is 2. The van der Waals surface area contributed by atoms with E-state index in [-0.39, 0.29) is 17.8 Å². The fourth-order valence-electron chi connectivity index (χ4n) is 2.59. The Hall–Kier alpha value is -2.20. The van der Waals surface area contributed by atoms with Crippen molar-refractivity contribution < 1.29 is 9.18 Å². The molecule has 0 aliphatic carbocycles. The van der Waals surface area contributed by atoms with Gasteiger partial charge in [0.25, 0.3) is 0 Å². The lowest BCUT2D eigenvalue weighted by Gasteiger charge is -2.25. The topological polar surface area (TPSA) is 41.1 Å². The number of halogens is 1. The number of aryl methyl sites for hydroxylation is 1. The molecule has 1 amide bonds. The van der Waals surface area contributed by atoms with Crippen molar-refractivity contribution in [1.82, 2.24) is 5.32 Å². The third-order valence-electron chi connectivity index (χ3n) is 3.86. The number of benzene rings is 2. The van der Waals surface area contributed by atoms with Gasteiger partial charge in [0.2, 0.25) is 5.91 Å². The van der Waals surface area contributed by atoms with Crippen molar-refractivity contribution in [3.8, 4) is 0 Å². The van der Waals surface area contributed by atoms with Crippen LogP contribution in [0.5, 0.6) is 0 Å². The van der Waals surface area contributed by atoms with Crippen molar-refractivity contribution in [2.24, 2.45) is 0 Å². The van der Waals surface area contributed by atoms with E-state index in [9.17, 15) is 9.18 Å². The normalized spacial score (nSPS) is 17.1. The van der Waals surface area contributed by atoms with E-state index in [1.807, 2.05) is 25.1 Å². The molecule has 0 radical (unpaired) electrons. The molecule has 0 bridgehead atoms. The molecule has 1 aliphatic rings. The lowest BCUT2D eigenvalue weighted by atomic mass is 9.95. The zero-order chi connectivity index (χ0) is 14.8. The van der Waals surface area contributed by atoms with Gasteiger partial charge in [0.1, 0.15) is 5.82 Å². The molecular formula is C17H17FN2O. The van der Waals surface area contributed by atoms with E-state index in [4.69, 9.17) is 0 Å². The molecule has 2 aromatic carbocycles. The van der Waals surface area contributed by atoms with Crippen molar-refractivity contribution in [1.29, 1.82) is 0 Å². The number of anilines is 1. The summed E-state index contributed by atoms with van der Waals surface area (Å²) in [4.78, 5) is 12.3. The molecule has 108 valence electrons. The minimum atomic E-state index is -0.349. The summed E-state index contributed by atoms with van der Waals surface area (Å²) in [6.45, 7) is 2.52. The van der Waals surface area contributed by atoms with Crippen molar-refractivity contribution in [2.75, 3.05) is 5.32 Å². The van der Waals surface area contributed by atoms with Gasteiger partial charge in [-0.2, -0.15) is 0 Å². The third-order valence-corrected chi connectivity index (χ3v) is 3.86. The highest BCUT2D eigenvalue weighted by atomic mass is 19.1. The second-order valence-corrected chi connectivity index (χ2v) is 5.35. The SMILES string of the molecule is Cc1ccc(F)cc1NC(=O)[C@H]1Cc2ccccc2CN1. The molecule has 4 heteroatoms. The summed E-state index contributed by atoms with van der Waals surface area (Å²) in [7, 11) is 0. The summed E-state index contributed by atoms with van der Waals surface area (Å²) in [6, 6.07) is 12.2. The predicted octanol–water partition coefficient (Wildman–Crippen LogP) is 2.79. The number of hydrogen-bond donors (Lipinski definition) is 2. The molecule has 0 saturated heterocycles. The summed E-state index contributed by atoms with van der Waals surface area (Å²) in [5.41, 5.74) is 3.79. The van der Waals surface area contributed by atoms with E-state index in [1.165, 1.54) is 23.3 Å². The maximum absolute atomic E-state index is 13.3. The van der Waals surface area contributed by atoms with Crippen LogP contribution >= 0.6 is 0 Å². The molecule has 0 aromatic heterocycles. The van der Waals surface area contributed by atoms with E-state index in [0.29, 0.717) is 18.7 Å². The van der Waals surface area contributed by atoms with Crippen molar-refractivity contribution in [3.05, 3.63) is 65.0 Å². The minimum absolute atomic E-state index is 0.127. The Bertz CT molecular complexity index is 684. The predicted molar refractivity (Wildman–Crippen MR) is 80.5 cm³/mol. The van der Waals surface area contributed by atoms with Crippen molar-refractivity contribution in [2.45, 2.75) is 25.9 Å². The van der Waals surface area contributed by atoms with Gasteiger partial charge < -0.3 is 10.6 Å². The Morgan fingerprint density at radius 3 is 2.81 bits per heavy atom. The zero-order valence-electron chi connectivity index (χ0n) is 11.8. The monoisotopic (exact) mass is 284 g/mol. The first-order valence-corrected chi connectivity index (χ1v) is 7.00. The molecule has 0 unspecified atom stereocenters. The first-order chi connectivity index (χ1) is 10.1. The second-order valence-electron chi connectivity index (χ2n) is 5.35. The summed E-state index contributed by atoms with van der Waals surface area (Å²) in [5, 5.41) is 6.03. The number of amides is 1. The molecule has 2 aromatic rings. The average molecular weight is 284 g/mol. The van der Waals surface area contributed by atoms with Gasteiger partial charge in [0.15, 0.2) is 0 Å². The second kappa shape index (κ2) is 5.66. The Morgan fingerprint density at radius 2 is 2.00 bits per heavy atom. The number of nitrogens with one attached hydrogen (secondary N) is 2. The number of fused-ring (bicyclic) bond motifs is 1. The molecule has 1 heterocycles. The van der Waals surface area contributed by atoms with E-state index < -0.39 is 0 Å². The summed E-state index contributed by atoms with van der Waals surface area (Å²) >= 11 is 0. The lowest BCUT2D eigenvalue weighted by Crippen LogP contribution is -2.44. The van der Waals surface area contributed by atoms with Gasteiger partial charge >= 0.3 is 0 Å². The molecule has 0 saturated carbocycles. The van der Waals surface area contributed by atoms with Gasteiger partial charge in [-0.25, -0.2) is 4.39 Å². The molecule has 0 fully saturated rings. The number of carbonyl (C=O) groups is 1. The van der Waals surface area contributed by atoms with Gasteiger partial charge in [0, 0.05) is 12.2 Å². The minimum Gasteiger partial charge on any atom is -0.324 e. The van der Waals surface area contributed by atoms with Crippen LogP contribution in [0.3, 0.4) is 0 Å². The van der Waals surface area contributed by atoms with Crippen LogP contribution in [0.4, 0.5) is 10.1 Å². The van der Waals surface area contributed by atoms with Gasteiger partial charge in [-0.15, -0.1) is 0 Å². The fraction of sp³-hybridized carbons (Fsp3) is 0.235. The third kappa shape index (κ3) is 2.95. The van der Waals surface area contributed by atoms with Crippen LogP contribution in [0.25, 0.3) is 0 Å². The lowest BCUT2D eigenvalue weighted by molar-refractivity contribution is -0.118. The van der Waals surface area contributed by atoms with Crippen LogP contribution in [0, 0.1) is 12.7 Å². The van der Waals surface area contributed by atoms with Crippen molar-refractivity contribution in [3.63, 3.8) is 0 Å². The molecule has 3 rings (SSSR count). The molecule has 2 N–H and O–H groups in total. The highest BCUT2D eigenvalue weighted by Crippen LogP contribution is 2.19. The van der Waals surface area contributed by atoms with Gasteiger partial charge in [-0.3, -0.25) is 4.79 Å². The summed E-state index contributed by atoms with van der Waals surface area (Å²) in [5.74, 6) is -0.476. The van der Waals surface area contributed by atoms with Crippen molar-refractivity contribution >= 4 is 11.6 Å². The largest absolute Gasteiger partial charge is 0.324 e. The van der Waals surface area contributed by atoms with Gasteiger partial charge in [-0.1, -0.05) is 30.3 Å². The van der Waals surface area contributed by atoms with Gasteiger partial charge in [0.05, 0.1) is 6.04 Å². The molecule has 1 aliphatic heterocycles. The standard InChI is InChI=1S/C17H17FN2O/c1-11-6-7-14(18)9-15(11)20-17(21)16-8-12-4-2-3-5-13(12)10-19-16/h2-7,9,16,19H,8,10H2,1H3,(H,20,21)/t16-/m1/s1. The smallest absolute Gasteiger partial charge is 0.241 e. The van der Waals surface area contributed by atoms with Gasteiger partial charge in [-0.05, 0) is 42.2 Å². The maximum Gasteiger partial charge on any atom is 0.241 e. The Morgan fingerprint density at radius 1 is 1.24 bits per heavy atom. The van der Waals surface area contributed by atoms with E-state index in [0.717, 1.165) is 5.56 Å². The molecule has 3 nitrogen and oxygen atoms in total. The van der Waals surface area contributed by atoms with E-state index in [1.54, 1.807) is 6.07 Å². The summed E-state index contributed by atoms with van der Waals surface area (Å²) in [6.07, 6.45) is 0.649. The quantitative estimate of drug-likeness (QED) is 0.890. The Labute approximate surface area is 123 Å². The molecule has 21 heavy (non-hydrogen) atoms. The van der Waals surface area contributed by atoms with Crippen LogP contribution in [0.1, 0.15) is 16.7 Å². The molecule has 1 atom stereocenters.